The van der Waals surface area contributed by atoms with Gasteiger partial charge in [0.25, 0.3) is 0 Å². The Morgan fingerprint density at radius 1 is 1.00 bits per heavy atom. The zero-order chi connectivity index (χ0) is 15.1. The smallest absolute Gasteiger partial charge is 0.492 e. The van der Waals surface area contributed by atoms with E-state index in [0.29, 0.717) is 24.4 Å². The molecule has 0 amide bonds. The Balaban J connectivity index is 2.07. The Hall–Kier alpha value is -1.56. The summed E-state index contributed by atoms with van der Waals surface area (Å²) >= 11 is 0. The minimum atomic E-state index is -1.56. The molecule has 0 aromatic heterocycles. The highest BCUT2D eigenvalue weighted by molar-refractivity contribution is 6.63. The van der Waals surface area contributed by atoms with Crippen molar-refractivity contribution in [3.63, 3.8) is 0 Å². The van der Waals surface area contributed by atoms with Crippen LogP contribution in [0.5, 0.6) is 5.75 Å². The molecule has 21 heavy (non-hydrogen) atoms. The highest BCUT2D eigenvalue weighted by atomic mass is 16.5. The maximum atomic E-state index is 9.62. The molecule has 0 fully saturated rings. The summed E-state index contributed by atoms with van der Waals surface area (Å²) in [5.74, 6) is 0.489. The van der Waals surface area contributed by atoms with Crippen molar-refractivity contribution < 1.29 is 19.5 Å². The van der Waals surface area contributed by atoms with Crippen LogP contribution in [0.3, 0.4) is 0 Å². The van der Waals surface area contributed by atoms with Gasteiger partial charge in [0.1, 0.15) is 12.4 Å². The van der Waals surface area contributed by atoms with Crippen LogP contribution in [0.25, 0.3) is 10.8 Å². The first-order valence-electron chi connectivity index (χ1n) is 7.32. The Kier molecular flexibility index (Phi) is 6.05. The van der Waals surface area contributed by atoms with E-state index in [2.05, 4.69) is 6.92 Å². The molecule has 0 unspecified atom stereocenters. The van der Waals surface area contributed by atoms with Crippen molar-refractivity contribution >= 4 is 23.4 Å². The minimum absolute atomic E-state index is 0.391. The molecule has 0 bridgehead atoms. The average molecular weight is 288 g/mol. The second-order valence-corrected chi connectivity index (χ2v) is 4.89. The third-order valence-electron chi connectivity index (χ3n) is 3.32. The van der Waals surface area contributed by atoms with Crippen molar-refractivity contribution in [2.75, 3.05) is 19.8 Å². The number of hydrogen-bond acceptors (Lipinski definition) is 4. The summed E-state index contributed by atoms with van der Waals surface area (Å²) in [5.41, 5.74) is 0.404. The third kappa shape index (κ3) is 4.20. The monoisotopic (exact) mass is 288 g/mol. The Morgan fingerprint density at radius 3 is 2.57 bits per heavy atom. The molecule has 2 aromatic rings. The summed E-state index contributed by atoms with van der Waals surface area (Å²) in [6, 6.07) is 11.2. The van der Waals surface area contributed by atoms with Crippen LogP contribution in [-0.2, 0) is 4.74 Å². The first-order valence-corrected chi connectivity index (χ1v) is 7.32. The molecule has 0 saturated heterocycles. The van der Waals surface area contributed by atoms with Crippen LogP contribution in [0.2, 0.25) is 0 Å². The standard InChI is InChI=1S/C16H21BO4/c1-2-3-10-20-11-12-21-15-9-8-13-6-4-5-7-14(13)16(15)17(18)19/h4-9,18-19H,2-3,10-12H2,1H3. The quantitative estimate of drug-likeness (QED) is 0.573. The van der Waals surface area contributed by atoms with Crippen LogP contribution >= 0.6 is 0 Å². The number of hydrogen-bond donors (Lipinski definition) is 2. The maximum Gasteiger partial charge on any atom is 0.492 e. The molecule has 0 aliphatic carbocycles. The van der Waals surface area contributed by atoms with Gasteiger partial charge in [-0.25, -0.2) is 0 Å². The van der Waals surface area contributed by atoms with Gasteiger partial charge in [0.15, 0.2) is 0 Å². The van der Waals surface area contributed by atoms with Crippen LogP contribution in [-0.4, -0.2) is 37.0 Å². The van der Waals surface area contributed by atoms with Gasteiger partial charge in [0, 0.05) is 12.1 Å². The van der Waals surface area contributed by atoms with E-state index in [1.54, 1.807) is 6.07 Å². The van der Waals surface area contributed by atoms with Gasteiger partial charge in [0.05, 0.1) is 6.61 Å². The van der Waals surface area contributed by atoms with Crippen LogP contribution in [0.15, 0.2) is 36.4 Å². The van der Waals surface area contributed by atoms with E-state index >= 15 is 0 Å². The fourth-order valence-electron chi connectivity index (χ4n) is 2.23. The van der Waals surface area contributed by atoms with E-state index in [0.717, 1.165) is 30.2 Å². The molecule has 0 radical (unpaired) electrons. The van der Waals surface area contributed by atoms with Crippen LogP contribution in [0.1, 0.15) is 19.8 Å². The second-order valence-electron chi connectivity index (χ2n) is 4.89. The largest absolute Gasteiger partial charge is 0.492 e. The van der Waals surface area contributed by atoms with Crippen molar-refractivity contribution in [1.82, 2.24) is 0 Å². The predicted octanol–water partition coefficient (Wildman–Crippen LogP) is 1.72. The van der Waals surface area contributed by atoms with Crippen molar-refractivity contribution in [3.05, 3.63) is 36.4 Å². The zero-order valence-electron chi connectivity index (χ0n) is 12.3. The number of unbranched alkanes of at least 4 members (excludes halogenated alkanes) is 1. The lowest BCUT2D eigenvalue weighted by Gasteiger charge is -2.14. The second kappa shape index (κ2) is 8.03. The first kappa shape index (κ1) is 15.8. The Morgan fingerprint density at radius 2 is 1.81 bits per heavy atom. The van der Waals surface area contributed by atoms with Crippen LogP contribution < -0.4 is 10.2 Å². The minimum Gasteiger partial charge on any atom is -0.492 e. The van der Waals surface area contributed by atoms with Crippen molar-refractivity contribution in [1.29, 1.82) is 0 Å². The Labute approximate surface area is 125 Å². The summed E-state index contributed by atoms with van der Waals surface area (Å²) in [6.07, 6.45) is 2.14. The highest BCUT2D eigenvalue weighted by Crippen LogP contribution is 2.19. The molecular formula is C16H21BO4. The number of rotatable bonds is 8. The SMILES string of the molecule is CCCCOCCOc1ccc2ccccc2c1B(O)O. The lowest BCUT2D eigenvalue weighted by atomic mass is 9.76. The van der Waals surface area contributed by atoms with E-state index in [4.69, 9.17) is 9.47 Å². The van der Waals surface area contributed by atoms with Gasteiger partial charge in [-0.1, -0.05) is 43.7 Å². The molecule has 0 spiro atoms. The van der Waals surface area contributed by atoms with Gasteiger partial charge in [-0.05, 0) is 23.3 Å². The number of fused-ring (bicyclic) bond motifs is 1. The third-order valence-corrected chi connectivity index (χ3v) is 3.32. The lowest BCUT2D eigenvalue weighted by molar-refractivity contribution is 0.0983. The molecule has 2 rings (SSSR count). The fraction of sp³-hybridized carbons (Fsp3) is 0.375. The summed E-state index contributed by atoms with van der Waals surface area (Å²) < 4.78 is 11.1. The molecule has 112 valence electrons. The molecule has 0 aliphatic heterocycles. The zero-order valence-corrected chi connectivity index (χ0v) is 12.3. The molecule has 5 heteroatoms. The van der Waals surface area contributed by atoms with Crippen LogP contribution in [0.4, 0.5) is 0 Å². The van der Waals surface area contributed by atoms with Crippen molar-refractivity contribution in [2.45, 2.75) is 19.8 Å². The first-order chi connectivity index (χ1) is 10.2. The average Bonchev–Trinajstić information content (AvgIpc) is 2.50. The maximum absolute atomic E-state index is 9.62. The summed E-state index contributed by atoms with van der Waals surface area (Å²) in [6.45, 7) is 3.73. The van der Waals surface area contributed by atoms with Crippen molar-refractivity contribution in [2.24, 2.45) is 0 Å². The normalized spacial score (nSPS) is 10.8. The van der Waals surface area contributed by atoms with Gasteiger partial charge < -0.3 is 19.5 Å². The fourth-order valence-corrected chi connectivity index (χ4v) is 2.23. The number of benzene rings is 2. The number of ether oxygens (including phenoxy) is 2. The van der Waals surface area contributed by atoms with Gasteiger partial charge in [-0.3, -0.25) is 0 Å². The molecule has 4 nitrogen and oxygen atoms in total. The molecule has 2 N–H and O–H groups in total. The van der Waals surface area contributed by atoms with Gasteiger partial charge in [0.2, 0.25) is 0 Å². The highest BCUT2D eigenvalue weighted by Gasteiger charge is 2.20. The van der Waals surface area contributed by atoms with E-state index in [1.165, 1.54) is 0 Å². The van der Waals surface area contributed by atoms with E-state index < -0.39 is 7.12 Å². The summed E-state index contributed by atoms with van der Waals surface area (Å²) in [5, 5.41) is 21.0. The molecule has 0 saturated carbocycles. The van der Waals surface area contributed by atoms with Crippen molar-refractivity contribution in [3.8, 4) is 5.75 Å². The topological polar surface area (TPSA) is 58.9 Å². The van der Waals surface area contributed by atoms with Gasteiger partial charge in [-0.15, -0.1) is 0 Å². The van der Waals surface area contributed by atoms with Crippen LogP contribution in [0, 0.1) is 0 Å². The molecule has 0 aliphatic rings. The molecular weight excluding hydrogens is 267 g/mol. The lowest BCUT2D eigenvalue weighted by Crippen LogP contribution is -2.32. The van der Waals surface area contributed by atoms with E-state index in [-0.39, 0.29) is 0 Å². The van der Waals surface area contributed by atoms with Gasteiger partial charge >= 0.3 is 7.12 Å². The summed E-state index contributed by atoms with van der Waals surface area (Å²) in [7, 11) is -1.56. The summed E-state index contributed by atoms with van der Waals surface area (Å²) in [4.78, 5) is 0. The van der Waals surface area contributed by atoms with Gasteiger partial charge in [-0.2, -0.15) is 0 Å². The van der Waals surface area contributed by atoms with E-state index in [1.807, 2.05) is 30.3 Å². The molecule has 0 atom stereocenters. The Bertz CT molecular complexity index is 571. The molecule has 0 heterocycles. The molecule has 2 aromatic carbocycles. The van der Waals surface area contributed by atoms with E-state index in [9.17, 15) is 10.0 Å². The predicted molar refractivity (Wildman–Crippen MR) is 85.0 cm³/mol.